The Balaban J connectivity index is 2.42. The topological polar surface area (TPSA) is 46.3 Å². The lowest BCUT2D eigenvalue weighted by Crippen LogP contribution is -1.86. The fourth-order valence-corrected chi connectivity index (χ4v) is 1.44. The van der Waals surface area contributed by atoms with Gasteiger partial charge in [-0.2, -0.15) is 0 Å². The summed E-state index contributed by atoms with van der Waals surface area (Å²) >= 11 is 0. The molecule has 1 N–H and O–H groups in total. The molecule has 1 heterocycles. The minimum absolute atomic E-state index is 0.329. The third-order valence-corrected chi connectivity index (χ3v) is 2.34. The molecule has 0 aliphatic heterocycles. The monoisotopic (exact) mass is 221 g/mol. The van der Waals surface area contributed by atoms with E-state index < -0.39 is 6.10 Å². The Bertz CT molecular complexity index is 505. The van der Waals surface area contributed by atoms with Crippen LogP contribution in [0.1, 0.15) is 24.4 Å². The lowest BCUT2D eigenvalue weighted by molar-refractivity contribution is 0.158. The van der Waals surface area contributed by atoms with E-state index in [-0.39, 0.29) is 5.82 Å². The van der Waals surface area contributed by atoms with Crippen LogP contribution in [0.4, 0.5) is 4.39 Å². The number of benzene rings is 1. The minimum Gasteiger partial charge on any atom is -0.385 e. The number of halogens is 1. The van der Waals surface area contributed by atoms with Crippen molar-refractivity contribution in [3.8, 4) is 11.3 Å². The molecule has 84 valence electrons. The summed E-state index contributed by atoms with van der Waals surface area (Å²) in [6, 6.07) is 6.42. The zero-order valence-electron chi connectivity index (χ0n) is 9.07. The minimum atomic E-state index is -0.741. The second-order valence-electron chi connectivity index (χ2n) is 3.77. The normalized spacial score (nSPS) is 12.8. The van der Waals surface area contributed by atoms with E-state index >= 15 is 0 Å². The van der Waals surface area contributed by atoms with E-state index in [2.05, 4.69) is 5.16 Å². The highest BCUT2D eigenvalue weighted by molar-refractivity contribution is 5.60. The van der Waals surface area contributed by atoms with Gasteiger partial charge in [-0.15, -0.1) is 0 Å². The summed E-state index contributed by atoms with van der Waals surface area (Å²) < 4.78 is 18.5. The van der Waals surface area contributed by atoms with Gasteiger partial charge in [-0.1, -0.05) is 11.2 Å². The molecule has 0 saturated heterocycles. The number of hydrogen-bond donors (Lipinski definition) is 1. The van der Waals surface area contributed by atoms with Gasteiger partial charge in [0.25, 0.3) is 0 Å². The Morgan fingerprint density at radius 3 is 2.69 bits per heavy atom. The number of hydrogen-bond acceptors (Lipinski definition) is 3. The van der Waals surface area contributed by atoms with Crippen molar-refractivity contribution in [1.82, 2.24) is 5.16 Å². The van der Waals surface area contributed by atoms with E-state index in [1.807, 2.05) is 6.92 Å². The fourth-order valence-electron chi connectivity index (χ4n) is 1.44. The fraction of sp³-hybridized carbons (Fsp3) is 0.250. The van der Waals surface area contributed by atoms with Crippen molar-refractivity contribution in [3.63, 3.8) is 0 Å². The van der Waals surface area contributed by atoms with Gasteiger partial charge < -0.3 is 9.63 Å². The van der Waals surface area contributed by atoms with Crippen molar-refractivity contribution in [3.05, 3.63) is 41.4 Å². The molecule has 4 heteroatoms. The van der Waals surface area contributed by atoms with Gasteiger partial charge in [-0.05, 0) is 31.5 Å². The summed E-state index contributed by atoms with van der Waals surface area (Å²) in [5.41, 5.74) is 1.62. The van der Waals surface area contributed by atoms with Crippen LogP contribution >= 0.6 is 0 Å². The van der Waals surface area contributed by atoms with E-state index in [4.69, 9.17) is 4.52 Å². The Labute approximate surface area is 92.5 Å². The zero-order chi connectivity index (χ0) is 11.7. The van der Waals surface area contributed by atoms with Crippen LogP contribution in [0.25, 0.3) is 11.3 Å². The van der Waals surface area contributed by atoms with Crippen LogP contribution in [0.5, 0.6) is 0 Å². The van der Waals surface area contributed by atoms with Crippen molar-refractivity contribution in [2.75, 3.05) is 0 Å². The SMILES string of the molecule is Cc1ccc(-c2cc(C(C)O)on2)c(F)c1. The maximum Gasteiger partial charge on any atom is 0.165 e. The molecule has 2 aromatic rings. The van der Waals surface area contributed by atoms with Gasteiger partial charge in [0.05, 0.1) is 0 Å². The van der Waals surface area contributed by atoms with Crippen LogP contribution in [0.15, 0.2) is 28.8 Å². The molecule has 0 radical (unpaired) electrons. The molecule has 0 aliphatic carbocycles. The first-order valence-electron chi connectivity index (χ1n) is 4.99. The highest BCUT2D eigenvalue weighted by atomic mass is 19.1. The first-order chi connectivity index (χ1) is 7.58. The van der Waals surface area contributed by atoms with Gasteiger partial charge in [-0.3, -0.25) is 0 Å². The number of nitrogens with zero attached hydrogens (tertiary/aromatic N) is 1. The summed E-state index contributed by atoms with van der Waals surface area (Å²) in [6.07, 6.45) is -0.741. The third kappa shape index (κ3) is 1.97. The molecule has 0 aliphatic rings. The third-order valence-electron chi connectivity index (χ3n) is 2.34. The van der Waals surface area contributed by atoms with Crippen molar-refractivity contribution in [2.45, 2.75) is 20.0 Å². The molecule has 3 nitrogen and oxygen atoms in total. The molecule has 1 aromatic carbocycles. The predicted molar refractivity (Wildman–Crippen MR) is 57.3 cm³/mol. The van der Waals surface area contributed by atoms with Crippen LogP contribution < -0.4 is 0 Å². The summed E-state index contributed by atoms with van der Waals surface area (Å²) in [6.45, 7) is 3.38. The number of aryl methyl sites for hydroxylation is 1. The van der Waals surface area contributed by atoms with Gasteiger partial charge in [0, 0.05) is 11.6 Å². The molecule has 0 bridgehead atoms. The van der Waals surface area contributed by atoms with E-state index in [0.29, 0.717) is 17.0 Å². The zero-order valence-corrected chi connectivity index (χ0v) is 9.07. The Morgan fingerprint density at radius 1 is 1.38 bits per heavy atom. The molecular formula is C12H12FNO2. The smallest absolute Gasteiger partial charge is 0.165 e. The standard InChI is InChI=1S/C12H12FNO2/c1-7-3-4-9(10(13)5-7)11-6-12(8(2)15)16-14-11/h3-6,8,15H,1-2H3. The molecule has 1 unspecified atom stereocenters. The molecule has 0 amide bonds. The van der Waals surface area contributed by atoms with Gasteiger partial charge in [0.2, 0.25) is 0 Å². The first-order valence-corrected chi connectivity index (χ1v) is 4.99. The van der Waals surface area contributed by atoms with E-state index in [0.717, 1.165) is 5.56 Å². The largest absolute Gasteiger partial charge is 0.385 e. The lowest BCUT2D eigenvalue weighted by atomic mass is 10.1. The molecule has 2 rings (SSSR count). The van der Waals surface area contributed by atoms with Crippen LogP contribution in [-0.4, -0.2) is 10.3 Å². The molecule has 1 atom stereocenters. The molecule has 0 fully saturated rings. The van der Waals surface area contributed by atoms with Gasteiger partial charge in [-0.25, -0.2) is 4.39 Å². The van der Waals surface area contributed by atoms with E-state index in [9.17, 15) is 9.50 Å². The van der Waals surface area contributed by atoms with Gasteiger partial charge in [0.1, 0.15) is 17.6 Å². The number of aliphatic hydroxyl groups is 1. The summed E-state index contributed by atoms with van der Waals surface area (Å²) in [4.78, 5) is 0. The average Bonchev–Trinajstić information content (AvgIpc) is 2.66. The van der Waals surface area contributed by atoms with Crippen molar-refractivity contribution in [2.24, 2.45) is 0 Å². The lowest BCUT2D eigenvalue weighted by Gasteiger charge is -1.99. The van der Waals surface area contributed by atoms with Gasteiger partial charge in [0.15, 0.2) is 5.76 Å². The second-order valence-corrected chi connectivity index (χ2v) is 3.77. The number of rotatable bonds is 2. The predicted octanol–water partition coefficient (Wildman–Crippen LogP) is 2.84. The highest BCUT2D eigenvalue weighted by Gasteiger charge is 2.13. The van der Waals surface area contributed by atoms with Crippen LogP contribution in [-0.2, 0) is 0 Å². The van der Waals surface area contributed by atoms with Crippen LogP contribution in [0.2, 0.25) is 0 Å². The van der Waals surface area contributed by atoms with E-state index in [1.54, 1.807) is 25.1 Å². The Hall–Kier alpha value is -1.68. The van der Waals surface area contributed by atoms with Crippen molar-refractivity contribution in [1.29, 1.82) is 0 Å². The molecule has 16 heavy (non-hydrogen) atoms. The Kier molecular flexibility index (Phi) is 2.75. The maximum absolute atomic E-state index is 13.6. The van der Waals surface area contributed by atoms with Gasteiger partial charge >= 0.3 is 0 Å². The summed E-state index contributed by atoms with van der Waals surface area (Å²) in [5, 5.41) is 13.0. The molecular weight excluding hydrogens is 209 g/mol. The quantitative estimate of drug-likeness (QED) is 0.848. The summed E-state index contributed by atoms with van der Waals surface area (Å²) in [5.74, 6) is -0.0135. The number of aliphatic hydroxyl groups excluding tert-OH is 1. The molecule has 1 aromatic heterocycles. The van der Waals surface area contributed by atoms with Crippen molar-refractivity contribution >= 4 is 0 Å². The average molecular weight is 221 g/mol. The van der Waals surface area contributed by atoms with Crippen LogP contribution in [0.3, 0.4) is 0 Å². The van der Waals surface area contributed by atoms with Crippen LogP contribution in [0, 0.1) is 12.7 Å². The van der Waals surface area contributed by atoms with E-state index in [1.165, 1.54) is 6.07 Å². The maximum atomic E-state index is 13.6. The second kappa shape index (κ2) is 4.06. The van der Waals surface area contributed by atoms with Crippen molar-refractivity contribution < 1.29 is 14.0 Å². The first kappa shape index (κ1) is 10.8. The molecule has 0 saturated carbocycles. The highest BCUT2D eigenvalue weighted by Crippen LogP contribution is 2.25. The molecule has 0 spiro atoms. The Morgan fingerprint density at radius 2 is 2.12 bits per heavy atom. The summed E-state index contributed by atoms with van der Waals surface area (Å²) in [7, 11) is 0. The number of aromatic nitrogens is 1.